The van der Waals surface area contributed by atoms with E-state index in [4.69, 9.17) is 4.63 Å². The number of anilines is 1. The standard InChI is InChI=1S/C11H15N3O/c1-4-14(5-2)9-7-6-8(3)10-11(9)13-15-12-10/h6-7H,4-5H2,1-3H3. The largest absolute Gasteiger partial charge is 0.370 e. The van der Waals surface area contributed by atoms with Crippen molar-refractivity contribution < 1.29 is 4.63 Å². The van der Waals surface area contributed by atoms with Gasteiger partial charge in [-0.05, 0) is 42.7 Å². The van der Waals surface area contributed by atoms with Crippen molar-refractivity contribution in [1.82, 2.24) is 10.3 Å². The van der Waals surface area contributed by atoms with E-state index >= 15 is 0 Å². The molecule has 0 unspecified atom stereocenters. The van der Waals surface area contributed by atoms with E-state index in [1.807, 2.05) is 6.92 Å². The number of nitrogens with zero attached hydrogens (tertiary/aromatic N) is 3. The van der Waals surface area contributed by atoms with Crippen molar-refractivity contribution in [2.24, 2.45) is 0 Å². The lowest BCUT2D eigenvalue weighted by molar-refractivity contribution is 0.315. The van der Waals surface area contributed by atoms with Crippen LogP contribution in [0.25, 0.3) is 11.0 Å². The van der Waals surface area contributed by atoms with Crippen molar-refractivity contribution in [1.29, 1.82) is 0 Å². The number of hydrogen-bond acceptors (Lipinski definition) is 4. The van der Waals surface area contributed by atoms with Crippen molar-refractivity contribution in [2.75, 3.05) is 18.0 Å². The smallest absolute Gasteiger partial charge is 0.158 e. The third-order valence-electron chi connectivity index (χ3n) is 2.70. The van der Waals surface area contributed by atoms with Crippen molar-refractivity contribution in [3.8, 4) is 0 Å². The van der Waals surface area contributed by atoms with Crippen LogP contribution in [0.1, 0.15) is 19.4 Å². The molecular formula is C11H15N3O. The van der Waals surface area contributed by atoms with Gasteiger partial charge in [-0.1, -0.05) is 6.07 Å². The summed E-state index contributed by atoms with van der Waals surface area (Å²) < 4.78 is 4.80. The van der Waals surface area contributed by atoms with Gasteiger partial charge in [-0.15, -0.1) is 0 Å². The van der Waals surface area contributed by atoms with E-state index in [1.54, 1.807) is 0 Å². The van der Waals surface area contributed by atoms with Crippen molar-refractivity contribution >= 4 is 16.7 Å². The van der Waals surface area contributed by atoms with Crippen molar-refractivity contribution in [3.05, 3.63) is 17.7 Å². The summed E-state index contributed by atoms with van der Waals surface area (Å²) in [5, 5.41) is 7.89. The van der Waals surface area contributed by atoms with Gasteiger partial charge in [-0.2, -0.15) is 0 Å². The first-order valence-corrected chi connectivity index (χ1v) is 5.24. The summed E-state index contributed by atoms with van der Waals surface area (Å²) in [4.78, 5) is 2.24. The Morgan fingerprint density at radius 2 is 1.80 bits per heavy atom. The molecule has 0 aliphatic rings. The molecule has 0 fully saturated rings. The van der Waals surface area contributed by atoms with Gasteiger partial charge in [-0.25, -0.2) is 4.63 Å². The third kappa shape index (κ3) is 1.56. The first-order valence-electron chi connectivity index (χ1n) is 5.24. The summed E-state index contributed by atoms with van der Waals surface area (Å²) in [5.74, 6) is 0. The lowest BCUT2D eigenvalue weighted by atomic mass is 10.1. The van der Waals surface area contributed by atoms with E-state index in [2.05, 4.69) is 41.2 Å². The summed E-state index contributed by atoms with van der Waals surface area (Å²) >= 11 is 0. The van der Waals surface area contributed by atoms with Gasteiger partial charge in [0.2, 0.25) is 0 Å². The molecule has 0 saturated carbocycles. The molecule has 1 aromatic heterocycles. The van der Waals surface area contributed by atoms with Gasteiger partial charge >= 0.3 is 0 Å². The van der Waals surface area contributed by atoms with Crippen LogP contribution in [0.4, 0.5) is 5.69 Å². The highest BCUT2D eigenvalue weighted by molar-refractivity contribution is 5.89. The normalized spacial score (nSPS) is 10.9. The van der Waals surface area contributed by atoms with Crippen LogP contribution in [0.3, 0.4) is 0 Å². The number of aromatic nitrogens is 2. The highest BCUT2D eigenvalue weighted by Gasteiger charge is 2.12. The van der Waals surface area contributed by atoms with Crippen LogP contribution in [-0.2, 0) is 0 Å². The van der Waals surface area contributed by atoms with E-state index in [1.165, 1.54) is 0 Å². The zero-order valence-corrected chi connectivity index (χ0v) is 9.32. The topological polar surface area (TPSA) is 42.2 Å². The molecule has 2 aromatic rings. The van der Waals surface area contributed by atoms with Crippen LogP contribution in [-0.4, -0.2) is 23.4 Å². The third-order valence-corrected chi connectivity index (χ3v) is 2.70. The van der Waals surface area contributed by atoms with Gasteiger partial charge in [0.15, 0.2) is 5.52 Å². The quantitative estimate of drug-likeness (QED) is 0.771. The molecule has 15 heavy (non-hydrogen) atoms. The SMILES string of the molecule is CCN(CC)c1ccc(C)c2nonc12. The van der Waals surface area contributed by atoms with Crippen LogP contribution >= 0.6 is 0 Å². The minimum absolute atomic E-state index is 0.860. The summed E-state index contributed by atoms with van der Waals surface area (Å²) in [7, 11) is 0. The molecule has 0 spiro atoms. The monoisotopic (exact) mass is 205 g/mol. The Labute approximate surface area is 88.8 Å². The zero-order valence-electron chi connectivity index (χ0n) is 9.32. The second kappa shape index (κ2) is 3.88. The molecule has 0 saturated heterocycles. The zero-order chi connectivity index (χ0) is 10.8. The first-order chi connectivity index (χ1) is 7.27. The van der Waals surface area contributed by atoms with Crippen molar-refractivity contribution in [3.63, 3.8) is 0 Å². The van der Waals surface area contributed by atoms with E-state index in [9.17, 15) is 0 Å². The highest BCUT2D eigenvalue weighted by Crippen LogP contribution is 2.26. The van der Waals surface area contributed by atoms with Gasteiger partial charge in [0.1, 0.15) is 5.52 Å². The number of aryl methyl sites for hydroxylation is 1. The molecule has 2 rings (SSSR count). The van der Waals surface area contributed by atoms with Crippen LogP contribution in [0.5, 0.6) is 0 Å². The van der Waals surface area contributed by atoms with Gasteiger partial charge in [0, 0.05) is 13.1 Å². The summed E-state index contributed by atoms with van der Waals surface area (Å²) in [5.41, 5.74) is 3.92. The second-order valence-corrected chi connectivity index (χ2v) is 3.54. The van der Waals surface area contributed by atoms with E-state index in [0.29, 0.717) is 0 Å². The molecule has 1 aromatic carbocycles. The molecule has 0 aliphatic carbocycles. The fourth-order valence-electron chi connectivity index (χ4n) is 1.80. The summed E-state index contributed by atoms with van der Waals surface area (Å²) in [6.45, 7) is 8.19. The number of fused-ring (bicyclic) bond motifs is 1. The van der Waals surface area contributed by atoms with Crippen LogP contribution in [0.15, 0.2) is 16.8 Å². The fourth-order valence-corrected chi connectivity index (χ4v) is 1.80. The Bertz CT molecular complexity index is 460. The molecule has 1 heterocycles. The molecule has 0 amide bonds. The lowest BCUT2D eigenvalue weighted by Gasteiger charge is -2.20. The number of hydrogen-bond donors (Lipinski definition) is 0. The van der Waals surface area contributed by atoms with E-state index < -0.39 is 0 Å². The Hall–Kier alpha value is -1.58. The molecule has 0 aliphatic heterocycles. The Morgan fingerprint density at radius 3 is 2.47 bits per heavy atom. The second-order valence-electron chi connectivity index (χ2n) is 3.54. The van der Waals surface area contributed by atoms with E-state index in [-0.39, 0.29) is 0 Å². The average molecular weight is 205 g/mol. The van der Waals surface area contributed by atoms with Crippen molar-refractivity contribution in [2.45, 2.75) is 20.8 Å². The summed E-state index contributed by atoms with van der Waals surface area (Å²) in [6, 6.07) is 4.13. The minimum Gasteiger partial charge on any atom is -0.370 e. The Balaban J connectivity index is 2.61. The first kappa shape index (κ1) is 9.96. The molecule has 80 valence electrons. The lowest BCUT2D eigenvalue weighted by Crippen LogP contribution is -2.22. The maximum Gasteiger partial charge on any atom is 0.158 e. The molecule has 4 heteroatoms. The number of rotatable bonds is 3. The average Bonchev–Trinajstić information content (AvgIpc) is 2.72. The molecule has 0 radical (unpaired) electrons. The predicted octanol–water partition coefficient (Wildman–Crippen LogP) is 2.38. The highest BCUT2D eigenvalue weighted by atomic mass is 16.6. The van der Waals surface area contributed by atoms with Gasteiger partial charge in [-0.3, -0.25) is 0 Å². The molecule has 4 nitrogen and oxygen atoms in total. The van der Waals surface area contributed by atoms with Gasteiger partial charge in [0.05, 0.1) is 5.69 Å². The molecule has 0 atom stereocenters. The summed E-state index contributed by atoms with van der Waals surface area (Å²) in [6.07, 6.45) is 0. The Morgan fingerprint density at radius 1 is 1.13 bits per heavy atom. The maximum atomic E-state index is 4.80. The van der Waals surface area contributed by atoms with Gasteiger partial charge in [0.25, 0.3) is 0 Å². The molecule has 0 bridgehead atoms. The number of benzene rings is 1. The minimum atomic E-state index is 0.860. The van der Waals surface area contributed by atoms with Crippen LogP contribution in [0, 0.1) is 6.92 Å². The maximum absolute atomic E-state index is 4.80. The molecule has 0 N–H and O–H groups in total. The van der Waals surface area contributed by atoms with E-state index in [0.717, 1.165) is 35.4 Å². The fraction of sp³-hybridized carbons (Fsp3) is 0.455. The predicted molar refractivity (Wildman–Crippen MR) is 60.1 cm³/mol. The molecular weight excluding hydrogens is 190 g/mol. The Kier molecular flexibility index (Phi) is 2.58. The van der Waals surface area contributed by atoms with Crippen LogP contribution in [0.2, 0.25) is 0 Å². The van der Waals surface area contributed by atoms with Gasteiger partial charge < -0.3 is 4.90 Å². The van der Waals surface area contributed by atoms with Crippen LogP contribution < -0.4 is 4.90 Å².